The molecular weight excluding hydrogens is 486 g/mol. The van der Waals surface area contributed by atoms with Crippen LogP contribution in [0.2, 0.25) is 0 Å². The third-order valence-electron chi connectivity index (χ3n) is 5.84. The molecule has 194 valence electrons. The summed E-state index contributed by atoms with van der Waals surface area (Å²) >= 11 is 0. The molecule has 6 nitrogen and oxygen atoms in total. The van der Waals surface area contributed by atoms with Gasteiger partial charge in [-0.25, -0.2) is 13.2 Å². The van der Waals surface area contributed by atoms with Crippen LogP contribution in [-0.4, -0.2) is 36.2 Å². The summed E-state index contributed by atoms with van der Waals surface area (Å²) in [6.07, 6.45) is 3.45. The van der Waals surface area contributed by atoms with Gasteiger partial charge in [0.15, 0.2) is 6.61 Å². The van der Waals surface area contributed by atoms with E-state index in [1.807, 2.05) is 36.4 Å². The zero-order chi connectivity index (χ0) is 26.7. The molecule has 7 heteroatoms. The third-order valence-corrected chi connectivity index (χ3v) is 7.61. The number of carboxylic acids is 1. The van der Waals surface area contributed by atoms with Crippen LogP contribution in [0.3, 0.4) is 0 Å². The Bertz CT molecular complexity index is 1320. The summed E-state index contributed by atoms with van der Waals surface area (Å²) < 4.78 is 32.1. The van der Waals surface area contributed by atoms with E-state index in [1.54, 1.807) is 31.2 Å². The van der Waals surface area contributed by atoms with Gasteiger partial charge in [0.05, 0.1) is 5.75 Å². The normalized spacial score (nSPS) is 11.1. The Hall–Kier alpha value is -3.60. The largest absolute Gasteiger partial charge is 0.482 e. The fourth-order valence-electron chi connectivity index (χ4n) is 3.65. The van der Waals surface area contributed by atoms with Crippen LogP contribution in [0.1, 0.15) is 54.5 Å². The maximum absolute atomic E-state index is 12.8. The average molecular weight is 520 g/mol. The van der Waals surface area contributed by atoms with E-state index >= 15 is 0 Å². The highest BCUT2D eigenvalue weighted by atomic mass is 32.2. The van der Waals surface area contributed by atoms with Crippen LogP contribution < -0.4 is 4.74 Å². The molecule has 1 N–H and O–H groups in total. The Balaban J connectivity index is 1.66. The number of ether oxygens (including phenoxy) is 1. The second-order valence-corrected chi connectivity index (χ2v) is 11.0. The Labute approximate surface area is 220 Å². The molecule has 0 unspecified atom stereocenters. The molecule has 0 amide bonds. The van der Waals surface area contributed by atoms with E-state index in [2.05, 4.69) is 30.9 Å². The van der Waals surface area contributed by atoms with Crippen LogP contribution in [0.4, 0.5) is 0 Å². The number of unbranched alkanes of at least 4 members (excludes halogenated alkanes) is 1. The van der Waals surface area contributed by atoms with Gasteiger partial charge in [-0.15, -0.1) is 0 Å². The van der Waals surface area contributed by atoms with Crippen molar-refractivity contribution in [2.75, 3.05) is 12.4 Å². The summed E-state index contributed by atoms with van der Waals surface area (Å²) in [4.78, 5) is 10.7. The fourth-order valence-corrected chi connectivity index (χ4v) is 4.71. The van der Waals surface area contributed by atoms with E-state index in [1.165, 1.54) is 22.7 Å². The number of carbonyl (C=O) groups is 1. The SMILES string of the molecule is CCCCc1ccc(C#Cc2ccc(CN(Cc3ccc(OCC(=O)O)cc3)S(=O)(=O)CC)cc2)cc1. The van der Waals surface area contributed by atoms with Gasteiger partial charge in [-0.3, -0.25) is 0 Å². The average Bonchev–Trinajstić information content (AvgIpc) is 2.91. The van der Waals surface area contributed by atoms with Gasteiger partial charge in [0.1, 0.15) is 5.75 Å². The lowest BCUT2D eigenvalue weighted by Gasteiger charge is -2.22. The molecule has 0 radical (unpaired) electrons. The Kier molecular flexibility index (Phi) is 10.3. The van der Waals surface area contributed by atoms with Crippen LogP contribution in [0.25, 0.3) is 0 Å². The third kappa shape index (κ3) is 9.09. The van der Waals surface area contributed by atoms with E-state index in [9.17, 15) is 13.2 Å². The first-order valence-electron chi connectivity index (χ1n) is 12.4. The number of sulfonamides is 1. The zero-order valence-corrected chi connectivity index (χ0v) is 22.1. The lowest BCUT2D eigenvalue weighted by Crippen LogP contribution is -2.31. The Morgan fingerprint density at radius 2 is 1.30 bits per heavy atom. The van der Waals surface area contributed by atoms with Gasteiger partial charge in [-0.1, -0.05) is 61.6 Å². The quantitative estimate of drug-likeness (QED) is 0.331. The summed E-state index contributed by atoms with van der Waals surface area (Å²) in [5.74, 6) is 5.72. The van der Waals surface area contributed by atoms with Crippen LogP contribution in [0.5, 0.6) is 5.75 Å². The second kappa shape index (κ2) is 13.6. The monoisotopic (exact) mass is 519 g/mol. The van der Waals surface area contributed by atoms with E-state index in [0.29, 0.717) is 5.75 Å². The van der Waals surface area contributed by atoms with Gasteiger partial charge < -0.3 is 9.84 Å². The minimum absolute atomic E-state index is 0.00635. The lowest BCUT2D eigenvalue weighted by atomic mass is 10.1. The number of nitrogens with zero attached hydrogens (tertiary/aromatic N) is 1. The maximum atomic E-state index is 12.8. The van der Waals surface area contributed by atoms with Crippen molar-refractivity contribution in [3.05, 3.63) is 101 Å². The highest BCUT2D eigenvalue weighted by Gasteiger charge is 2.20. The second-order valence-electron chi connectivity index (χ2n) is 8.74. The number of hydrogen-bond acceptors (Lipinski definition) is 4. The van der Waals surface area contributed by atoms with Crippen LogP contribution in [-0.2, 0) is 34.3 Å². The number of carboxylic acid groups (broad SMARTS) is 1. The van der Waals surface area contributed by atoms with Crippen LogP contribution >= 0.6 is 0 Å². The summed E-state index contributed by atoms with van der Waals surface area (Å²) in [5, 5.41) is 8.73. The van der Waals surface area contributed by atoms with Crippen molar-refractivity contribution in [1.29, 1.82) is 0 Å². The van der Waals surface area contributed by atoms with Crippen molar-refractivity contribution in [2.45, 2.75) is 46.2 Å². The van der Waals surface area contributed by atoms with Gasteiger partial charge in [0.2, 0.25) is 10.0 Å². The highest BCUT2D eigenvalue weighted by Crippen LogP contribution is 2.18. The first-order valence-corrected chi connectivity index (χ1v) is 14.0. The molecule has 0 heterocycles. The zero-order valence-electron chi connectivity index (χ0n) is 21.3. The number of rotatable bonds is 12. The van der Waals surface area contributed by atoms with Gasteiger partial charge >= 0.3 is 5.97 Å². The predicted octanol–water partition coefficient (Wildman–Crippen LogP) is 5.24. The standard InChI is InChI=1S/C30H33NO5S/c1-3-5-6-24-7-9-25(10-8-24)11-12-26-13-15-27(16-14-26)21-31(37(34,35)4-2)22-28-17-19-29(20-18-28)36-23-30(32)33/h7-10,13-20H,3-6,21-23H2,1-2H3,(H,32,33). The molecule has 3 rings (SSSR count). The smallest absolute Gasteiger partial charge is 0.341 e. The number of benzene rings is 3. The first-order chi connectivity index (χ1) is 17.8. The molecule has 0 spiro atoms. The van der Waals surface area contributed by atoms with Crippen molar-refractivity contribution >= 4 is 16.0 Å². The van der Waals surface area contributed by atoms with E-state index < -0.39 is 22.6 Å². The fraction of sp³-hybridized carbons (Fsp3) is 0.300. The summed E-state index contributed by atoms with van der Waals surface area (Å²) in [6, 6.07) is 22.7. The minimum atomic E-state index is -3.46. The van der Waals surface area contributed by atoms with Gasteiger partial charge in [0.25, 0.3) is 0 Å². The van der Waals surface area contributed by atoms with E-state index in [4.69, 9.17) is 9.84 Å². The van der Waals surface area contributed by atoms with Crippen molar-refractivity contribution < 1.29 is 23.1 Å². The Morgan fingerprint density at radius 1 is 0.811 bits per heavy atom. The predicted molar refractivity (Wildman–Crippen MR) is 146 cm³/mol. The molecule has 3 aromatic rings. The van der Waals surface area contributed by atoms with Crippen molar-refractivity contribution in [2.24, 2.45) is 0 Å². The molecule has 0 aliphatic heterocycles. The summed E-state index contributed by atoms with van der Waals surface area (Å²) in [6.45, 7) is 3.82. The molecule has 0 atom stereocenters. The molecule has 0 saturated heterocycles. The number of aliphatic carboxylic acids is 1. The van der Waals surface area contributed by atoms with E-state index in [0.717, 1.165) is 28.7 Å². The van der Waals surface area contributed by atoms with Crippen molar-refractivity contribution in [3.8, 4) is 17.6 Å². The molecule has 0 fully saturated rings. The summed E-state index contributed by atoms with van der Waals surface area (Å²) in [5.41, 5.74) is 4.79. The van der Waals surface area contributed by atoms with Crippen LogP contribution in [0, 0.1) is 11.8 Å². The molecule has 0 bridgehead atoms. The minimum Gasteiger partial charge on any atom is -0.482 e. The molecule has 0 saturated carbocycles. The first kappa shape index (κ1) is 28.0. The van der Waals surface area contributed by atoms with Gasteiger partial charge in [0, 0.05) is 24.2 Å². The maximum Gasteiger partial charge on any atom is 0.341 e. The molecule has 0 aliphatic carbocycles. The molecular formula is C30H33NO5S. The topological polar surface area (TPSA) is 83.9 Å². The Morgan fingerprint density at radius 3 is 1.76 bits per heavy atom. The lowest BCUT2D eigenvalue weighted by molar-refractivity contribution is -0.139. The number of aryl methyl sites for hydroxylation is 1. The van der Waals surface area contributed by atoms with Crippen LogP contribution in [0.15, 0.2) is 72.8 Å². The molecule has 0 aliphatic rings. The van der Waals surface area contributed by atoms with Crippen molar-refractivity contribution in [3.63, 3.8) is 0 Å². The molecule has 3 aromatic carbocycles. The molecule has 37 heavy (non-hydrogen) atoms. The van der Waals surface area contributed by atoms with Gasteiger partial charge in [-0.2, -0.15) is 4.31 Å². The van der Waals surface area contributed by atoms with Gasteiger partial charge in [-0.05, 0) is 72.9 Å². The van der Waals surface area contributed by atoms with E-state index in [-0.39, 0.29) is 18.8 Å². The number of hydrogen-bond donors (Lipinski definition) is 1. The summed E-state index contributed by atoms with van der Waals surface area (Å²) in [7, 11) is -3.46. The van der Waals surface area contributed by atoms with Crippen molar-refractivity contribution in [1.82, 2.24) is 4.31 Å². The highest BCUT2D eigenvalue weighted by molar-refractivity contribution is 7.89. The molecule has 0 aromatic heterocycles.